The van der Waals surface area contributed by atoms with Gasteiger partial charge in [0.2, 0.25) is 0 Å². The highest BCUT2D eigenvalue weighted by molar-refractivity contribution is 6.32. The van der Waals surface area contributed by atoms with Gasteiger partial charge >= 0.3 is 5.97 Å². The van der Waals surface area contributed by atoms with E-state index in [9.17, 15) is 4.79 Å². The molecule has 0 aliphatic carbocycles. The van der Waals surface area contributed by atoms with Crippen molar-refractivity contribution in [2.45, 2.75) is 6.92 Å². The van der Waals surface area contributed by atoms with E-state index in [1.807, 2.05) is 0 Å². The lowest BCUT2D eigenvalue weighted by atomic mass is 10.2. The molecule has 0 fully saturated rings. The quantitative estimate of drug-likeness (QED) is 0.600. The van der Waals surface area contributed by atoms with Crippen molar-refractivity contribution in [1.82, 2.24) is 0 Å². The van der Waals surface area contributed by atoms with E-state index in [0.29, 0.717) is 16.7 Å². The lowest BCUT2D eigenvalue weighted by Gasteiger charge is -2.03. The lowest BCUT2D eigenvalue weighted by molar-refractivity contribution is -0.130. The van der Waals surface area contributed by atoms with Gasteiger partial charge in [-0.2, -0.15) is 0 Å². The molecule has 0 bridgehead atoms. The highest BCUT2D eigenvalue weighted by Crippen LogP contribution is 2.26. The first-order valence-electron chi connectivity index (χ1n) is 4.93. The van der Waals surface area contributed by atoms with Crippen LogP contribution in [0, 0.1) is 0 Å². The molecule has 0 saturated carbocycles. The number of hydrogen-bond acceptors (Lipinski definition) is 4. The van der Waals surface area contributed by atoms with Crippen LogP contribution in [0.5, 0.6) is 5.75 Å². The Morgan fingerprint density at radius 1 is 1.47 bits per heavy atom. The summed E-state index contributed by atoms with van der Waals surface area (Å²) in [5, 5.41) is 0.480. The van der Waals surface area contributed by atoms with Gasteiger partial charge in [0.15, 0.2) is 11.6 Å². The van der Waals surface area contributed by atoms with Crippen LogP contribution >= 0.6 is 11.6 Å². The Hall–Kier alpha value is -1.81. The third-order valence-electron chi connectivity index (χ3n) is 2.21. The summed E-state index contributed by atoms with van der Waals surface area (Å²) in [4.78, 5) is 15.3. The van der Waals surface area contributed by atoms with Crippen molar-refractivity contribution in [1.29, 1.82) is 0 Å². The van der Waals surface area contributed by atoms with E-state index in [-0.39, 0.29) is 5.70 Å². The van der Waals surface area contributed by atoms with Crippen LogP contribution in [0.1, 0.15) is 12.5 Å². The van der Waals surface area contributed by atoms with Crippen LogP contribution in [0.15, 0.2) is 28.9 Å². The van der Waals surface area contributed by atoms with Crippen LogP contribution in [0.3, 0.4) is 0 Å². The van der Waals surface area contributed by atoms with Crippen molar-refractivity contribution in [3.05, 3.63) is 34.5 Å². The van der Waals surface area contributed by atoms with Crippen LogP contribution in [0.25, 0.3) is 6.08 Å². The van der Waals surface area contributed by atoms with Crippen LogP contribution < -0.4 is 4.74 Å². The number of esters is 1. The topological polar surface area (TPSA) is 47.9 Å². The number of nitrogens with zero attached hydrogens (tertiary/aromatic N) is 1. The molecule has 88 valence electrons. The largest absolute Gasteiger partial charge is 0.495 e. The second kappa shape index (κ2) is 4.59. The summed E-state index contributed by atoms with van der Waals surface area (Å²) in [6.07, 6.45) is 1.62. The summed E-state index contributed by atoms with van der Waals surface area (Å²) in [6, 6.07) is 5.21. The second-order valence-electron chi connectivity index (χ2n) is 3.44. The third kappa shape index (κ3) is 2.47. The molecule has 0 atom stereocenters. The summed E-state index contributed by atoms with van der Waals surface area (Å²) < 4.78 is 9.84. The number of cyclic esters (lactones) is 1. The van der Waals surface area contributed by atoms with Crippen molar-refractivity contribution >= 4 is 29.5 Å². The van der Waals surface area contributed by atoms with Crippen LogP contribution in [0.2, 0.25) is 5.02 Å². The molecule has 0 N–H and O–H groups in total. The van der Waals surface area contributed by atoms with Gasteiger partial charge in [-0.15, -0.1) is 0 Å². The molecule has 0 aromatic heterocycles. The van der Waals surface area contributed by atoms with E-state index in [1.165, 1.54) is 0 Å². The van der Waals surface area contributed by atoms with Crippen molar-refractivity contribution < 1.29 is 14.3 Å². The molecule has 1 heterocycles. The van der Waals surface area contributed by atoms with Gasteiger partial charge in [-0.05, 0) is 23.8 Å². The summed E-state index contributed by atoms with van der Waals surface area (Å²) in [5.41, 5.74) is 1.03. The molecule has 0 amide bonds. The molecule has 5 heteroatoms. The zero-order chi connectivity index (χ0) is 12.4. The molecular formula is C12H10ClNO3. The number of rotatable bonds is 2. The van der Waals surface area contributed by atoms with Crippen molar-refractivity contribution in [3.63, 3.8) is 0 Å². The Bertz CT molecular complexity index is 535. The number of ether oxygens (including phenoxy) is 2. The number of carbonyl (C=O) groups excluding carboxylic acids is 1. The van der Waals surface area contributed by atoms with Gasteiger partial charge in [0.25, 0.3) is 0 Å². The van der Waals surface area contributed by atoms with E-state index >= 15 is 0 Å². The molecule has 0 saturated heterocycles. The molecular weight excluding hydrogens is 242 g/mol. The fourth-order valence-corrected chi connectivity index (χ4v) is 1.71. The minimum absolute atomic E-state index is 0.267. The van der Waals surface area contributed by atoms with Crippen molar-refractivity contribution in [3.8, 4) is 5.75 Å². The molecule has 17 heavy (non-hydrogen) atoms. The maximum atomic E-state index is 11.3. The highest BCUT2D eigenvalue weighted by atomic mass is 35.5. The predicted octanol–water partition coefficient (Wildman–Crippen LogP) is 2.66. The minimum atomic E-state index is -0.450. The number of hydrogen-bond donors (Lipinski definition) is 0. The molecule has 2 rings (SSSR count). The Kier molecular flexibility index (Phi) is 3.15. The minimum Gasteiger partial charge on any atom is -0.495 e. The Morgan fingerprint density at radius 3 is 2.76 bits per heavy atom. The van der Waals surface area contributed by atoms with Crippen LogP contribution in [-0.2, 0) is 9.53 Å². The van der Waals surface area contributed by atoms with Gasteiger partial charge in [0, 0.05) is 6.92 Å². The highest BCUT2D eigenvalue weighted by Gasteiger charge is 2.19. The Balaban J connectivity index is 2.33. The Morgan fingerprint density at radius 2 is 2.24 bits per heavy atom. The third-order valence-corrected chi connectivity index (χ3v) is 2.50. The lowest BCUT2D eigenvalue weighted by Crippen LogP contribution is -1.99. The SMILES string of the molecule is COc1ccc(C=C2N=C(C)OC2=O)cc1Cl. The fraction of sp³-hybridized carbons (Fsp3) is 0.167. The zero-order valence-electron chi connectivity index (χ0n) is 9.36. The first kappa shape index (κ1) is 11.7. The first-order valence-corrected chi connectivity index (χ1v) is 5.30. The molecule has 1 aliphatic heterocycles. The monoisotopic (exact) mass is 251 g/mol. The van der Waals surface area contributed by atoms with Crippen molar-refractivity contribution in [2.75, 3.05) is 7.11 Å². The molecule has 1 aromatic rings. The Labute approximate surface area is 104 Å². The van der Waals surface area contributed by atoms with E-state index in [4.69, 9.17) is 21.1 Å². The second-order valence-corrected chi connectivity index (χ2v) is 3.85. The average Bonchev–Trinajstić information content (AvgIpc) is 2.58. The molecule has 1 aliphatic rings. The summed E-state index contributed by atoms with van der Waals surface area (Å²) >= 11 is 5.97. The number of benzene rings is 1. The van der Waals surface area contributed by atoms with Gasteiger partial charge in [0.05, 0.1) is 12.1 Å². The molecule has 0 spiro atoms. The molecule has 0 unspecified atom stereocenters. The van der Waals surface area contributed by atoms with E-state index in [2.05, 4.69) is 4.99 Å². The predicted molar refractivity (Wildman–Crippen MR) is 65.2 cm³/mol. The normalized spacial score (nSPS) is 17.0. The number of methoxy groups -OCH3 is 1. The average molecular weight is 252 g/mol. The number of aliphatic imine (C=N–C) groups is 1. The van der Waals surface area contributed by atoms with Gasteiger partial charge in [-0.3, -0.25) is 0 Å². The van der Waals surface area contributed by atoms with E-state index in [1.54, 1.807) is 38.3 Å². The van der Waals surface area contributed by atoms with Gasteiger partial charge < -0.3 is 9.47 Å². The van der Waals surface area contributed by atoms with Crippen LogP contribution in [-0.4, -0.2) is 19.0 Å². The van der Waals surface area contributed by atoms with Gasteiger partial charge in [-0.25, -0.2) is 9.79 Å². The summed E-state index contributed by atoms with van der Waals surface area (Å²) in [6.45, 7) is 1.62. The maximum Gasteiger partial charge on any atom is 0.363 e. The van der Waals surface area contributed by atoms with Gasteiger partial charge in [0.1, 0.15) is 5.75 Å². The van der Waals surface area contributed by atoms with Crippen LogP contribution in [0.4, 0.5) is 0 Å². The maximum absolute atomic E-state index is 11.3. The van der Waals surface area contributed by atoms with Gasteiger partial charge in [-0.1, -0.05) is 17.7 Å². The zero-order valence-corrected chi connectivity index (χ0v) is 10.1. The number of halogens is 1. The molecule has 0 radical (unpaired) electrons. The van der Waals surface area contributed by atoms with E-state index < -0.39 is 5.97 Å². The summed E-state index contributed by atoms with van der Waals surface area (Å²) in [7, 11) is 1.54. The van der Waals surface area contributed by atoms with Crippen molar-refractivity contribution in [2.24, 2.45) is 4.99 Å². The number of carbonyl (C=O) groups is 1. The molecule has 4 nitrogen and oxygen atoms in total. The first-order chi connectivity index (χ1) is 8.10. The standard InChI is InChI=1S/C12H10ClNO3/c1-7-14-10(12(15)17-7)6-8-3-4-11(16-2)9(13)5-8/h3-6H,1-2H3. The smallest absolute Gasteiger partial charge is 0.363 e. The fourth-order valence-electron chi connectivity index (χ4n) is 1.45. The van der Waals surface area contributed by atoms with E-state index in [0.717, 1.165) is 5.56 Å². The summed E-state index contributed by atoms with van der Waals surface area (Å²) in [5.74, 6) is 0.484. The molecule has 1 aromatic carbocycles.